The number of esters is 1. The number of carbonyl (C=O) groups is 1. The van der Waals surface area contributed by atoms with Crippen molar-refractivity contribution in [3.63, 3.8) is 0 Å². The topological polar surface area (TPSA) is 68.6 Å². The lowest BCUT2D eigenvalue weighted by Crippen LogP contribution is -2.08. The van der Waals surface area contributed by atoms with Crippen LogP contribution in [-0.2, 0) is 4.74 Å². The van der Waals surface area contributed by atoms with Crippen LogP contribution in [0.2, 0.25) is 0 Å². The van der Waals surface area contributed by atoms with Gasteiger partial charge in [-0.2, -0.15) is 14.0 Å². The number of nitrogens with zero attached hydrogens (tertiary/aromatic N) is 1. The zero-order chi connectivity index (χ0) is 13.7. The van der Waals surface area contributed by atoms with Crippen LogP contribution in [-0.4, -0.2) is 26.8 Å². The first kappa shape index (κ1) is 13.7. The number of benzene rings is 1. The van der Waals surface area contributed by atoms with Gasteiger partial charge >= 0.3 is 12.6 Å². The van der Waals surface area contributed by atoms with Crippen molar-refractivity contribution in [3.8, 4) is 17.6 Å². The van der Waals surface area contributed by atoms with Gasteiger partial charge in [0.25, 0.3) is 0 Å². The predicted octanol–water partition coefficient (Wildman–Crippen LogP) is 1.95. The Morgan fingerprint density at radius 1 is 1.33 bits per heavy atom. The van der Waals surface area contributed by atoms with E-state index in [1.54, 1.807) is 6.07 Å². The first-order valence-electron chi connectivity index (χ1n) is 4.68. The summed E-state index contributed by atoms with van der Waals surface area (Å²) >= 11 is 0. The van der Waals surface area contributed by atoms with Gasteiger partial charge < -0.3 is 14.2 Å². The van der Waals surface area contributed by atoms with E-state index in [0.717, 1.165) is 19.2 Å². The molecule has 1 rings (SSSR count). The van der Waals surface area contributed by atoms with Crippen molar-refractivity contribution in [2.24, 2.45) is 0 Å². The fourth-order valence-electron chi connectivity index (χ4n) is 1.28. The SMILES string of the molecule is COC(=O)c1cc(OC(F)F)c(OC)cc1C#N. The van der Waals surface area contributed by atoms with Crippen LogP contribution in [0.25, 0.3) is 0 Å². The fraction of sp³-hybridized carbons (Fsp3) is 0.273. The van der Waals surface area contributed by atoms with E-state index < -0.39 is 12.6 Å². The van der Waals surface area contributed by atoms with E-state index in [9.17, 15) is 13.6 Å². The Bertz CT molecular complexity index is 497. The van der Waals surface area contributed by atoms with Gasteiger partial charge in [-0.05, 0) is 0 Å². The molecule has 5 nitrogen and oxygen atoms in total. The Hall–Kier alpha value is -2.36. The summed E-state index contributed by atoms with van der Waals surface area (Å²) in [6.07, 6.45) is 0. The number of carbonyl (C=O) groups excluding carboxylic acids is 1. The van der Waals surface area contributed by atoms with E-state index in [1.165, 1.54) is 7.11 Å². The van der Waals surface area contributed by atoms with Crippen molar-refractivity contribution in [3.05, 3.63) is 23.3 Å². The Morgan fingerprint density at radius 2 is 2.00 bits per heavy atom. The highest BCUT2D eigenvalue weighted by atomic mass is 19.3. The second kappa shape index (κ2) is 5.82. The molecule has 0 saturated carbocycles. The highest BCUT2D eigenvalue weighted by Crippen LogP contribution is 2.32. The van der Waals surface area contributed by atoms with Crippen molar-refractivity contribution in [2.45, 2.75) is 6.61 Å². The number of alkyl halides is 2. The third kappa shape index (κ3) is 2.85. The maximum atomic E-state index is 12.2. The summed E-state index contributed by atoms with van der Waals surface area (Å²) in [5.41, 5.74) is -0.225. The van der Waals surface area contributed by atoms with E-state index in [1.807, 2.05) is 0 Å². The molecule has 0 spiro atoms. The maximum Gasteiger partial charge on any atom is 0.387 e. The Labute approximate surface area is 101 Å². The standard InChI is InChI=1S/C11H9F2NO4/c1-16-8-3-6(5-14)7(10(15)17-2)4-9(8)18-11(12)13/h3-4,11H,1-2H3. The van der Waals surface area contributed by atoms with Crippen LogP contribution < -0.4 is 9.47 Å². The van der Waals surface area contributed by atoms with Crippen molar-refractivity contribution in [1.29, 1.82) is 5.26 Å². The summed E-state index contributed by atoms with van der Waals surface area (Å²) < 4.78 is 37.8. The van der Waals surface area contributed by atoms with Crippen LogP contribution in [0, 0.1) is 11.3 Å². The molecular weight excluding hydrogens is 248 g/mol. The molecule has 7 heteroatoms. The molecule has 18 heavy (non-hydrogen) atoms. The smallest absolute Gasteiger partial charge is 0.387 e. The van der Waals surface area contributed by atoms with Gasteiger partial charge in [0.2, 0.25) is 0 Å². The molecule has 1 aromatic rings. The molecule has 0 aliphatic rings. The summed E-state index contributed by atoms with van der Waals surface area (Å²) in [5.74, 6) is -1.24. The number of ether oxygens (including phenoxy) is 3. The first-order chi connectivity index (χ1) is 8.53. The van der Waals surface area contributed by atoms with Crippen molar-refractivity contribution in [1.82, 2.24) is 0 Å². The second-order valence-electron chi connectivity index (χ2n) is 3.03. The van der Waals surface area contributed by atoms with Crippen LogP contribution in [0.4, 0.5) is 8.78 Å². The summed E-state index contributed by atoms with van der Waals surface area (Å²) in [6, 6.07) is 3.85. The van der Waals surface area contributed by atoms with Gasteiger partial charge in [0.05, 0.1) is 25.3 Å². The lowest BCUT2D eigenvalue weighted by molar-refractivity contribution is -0.0512. The molecule has 0 aliphatic heterocycles. The van der Waals surface area contributed by atoms with Gasteiger partial charge in [-0.25, -0.2) is 4.79 Å². The highest BCUT2D eigenvalue weighted by molar-refractivity contribution is 5.93. The number of rotatable bonds is 4. The third-order valence-corrected chi connectivity index (χ3v) is 2.05. The minimum Gasteiger partial charge on any atom is -0.493 e. The van der Waals surface area contributed by atoms with Gasteiger partial charge in [0, 0.05) is 12.1 Å². The summed E-state index contributed by atoms with van der Waals surface area (Å²) in [4.78, 5) is 11.4. The van der Waals surface area contributed by atoms with Crippen molar-refractivity contribution in [2.75, 3.05) is 14.2 Å². The molecule has 0 saturated heterocycles. The van der Waals surface area contributed by atoms with Gasteiger partial charge in [-0.15, -0.1) is 0 Å². The average molecular weight is 257 g/mol. The summed E-state index contributed by atoms with van der Waals surface area (Å²) in [7, 11) is 2.34. The molecule has 0 heterocycles. The molecule has 96 valence electrons. The monoisotopic (exact) mass is 257 g/mol. The van der Waals surface area contributed by atoms with E-state index in [2.05, 4.69) is 9.47 Å². The van der Waals surface area contributed by atoms with Crippen LogP contribution in [0.1, 0.15) is 15.9 Å². The normalized spacial score (nSPS) is 9.78. The number of hydrogen-bond donors (Lipinski definition) is 0. The number of halogens is 2. The first-order valence-corrected chi connectivity index (χ1v) is 4.68. The zero-order valence-electron chi connectivity index (χ0n) is 9.57. The second-order valence-corrected chi connectivity index (χ2v) is 3.03. The Kier molecular flexibility index (Phi) is 4.43. The molecule has 0 aliphatic carbocycles. The molecule has 0 N–H and O–H groups in total. The largest absolute Gasteiger partial charge is 0.493 e. The Balaban J connectivity index is 3.35. The summed E-state index contributed by atoms with van der Waals surface area (Å²) in [6.45, 7) is -3.07. The molecule has 0 atom stereocenters. The third-order valence-electron chi connectivity index (χ3n) is 2.05. The van der Waals surface area contributed by atoms with Crippen molar-refractivity contribution >= 4 is 5.97 Å². The van der Waals surface area contributed by atoms with E-state index >= 15 is 0 Å². The Morgan fingerprint density at radius 3 is 2.44 bits per heavy atom. The van der Waals surface area contributed by atoms with Crippen LogP contribution in [0.5, 0.6) is 11.5 Å². The quantitative estimate of drug-likeness (QED) is 0.771. The fourth-order valence-corrected chi connectivity index (χ4v) is 1.28. The van der Waals surface area contributed by atoms with Crippen molar-refractivity contribution < 1.29 is 27.8 Å². The van der Waals surface area contributed by atoms with Crippen LogP contribution >= 0.6 is 0 Å². The molecule has 0 aromatic heterocycles. The van der Waals surface area contributed by atoms with Crippen LogP contribution in [0.3, 0.4) is 0 Å². The van der Waals surface area contributed by atoms with E-state index in [-0.39, 0.29) is 22.6 Å². The molecule has 0 fully saturated rings. The highest BCUT2D eigenvalue weighted by Gasteiger charge is 2.19. The number of nitriles is 1. The molecule has 0 unspecified atom stereocenters. The maximum absolute atomic E-state index is 12.2. The summed E-state index contributed by atoms with van der Waals surface area (Å²) in [5, 5.41) is 8.85. The lowest BCUT2D eigenvalue weighted by Gasteiger charge is -2.12. The molecule has 0 amide bonds. The minimum absolute atomic E-state index is 0.0553. The number of methoxy groups -OCH3 is 2. The van der Waals surface area contributed by atoms with Gasteiger partial charge in [0.1, 0.15) is 6.07 Å². The van der Waals surface area contributed by atoms with Gasteiger partial charge in [-0.3, -0.25) is 0 Å². The number of hydrogen-bond acceptors (Lipinski definition) is 5. The van der Waals surface area contributed by atoms with E-state index in [4.69, 9.17) is 10.00 Å². The lowest BCUT2D eigenvalue weighted by atomic mass is 10.1. The predicted molar refractivity (Wildman–Crippen MR) is 55.7 cm³/mol. The molecular formula is C11H9F2NO4. The van der Waals surface area contributed by atoms with E-state index in [0.29, 0.717) is 0 Å². The molecule has 0 bridgehead atoms. The molecule has 1 aromatic carbocycles. The van der Waals surface area contributed by atoms with Gasteiger partial charge in [-0.1, -0.05) is 0 Å². The van der Waals surface area contributed by atoms with Crippen LogP contribution in [0.15, 0.2) is 12.1 Å². The zero-order valence-corrected chi connectivity index (χ0v) is 9.57. The average Bonchev–Trinajstić information content (AvgIpc) is 2.36. The molecule has 0 radical (unpaired) electrons. The minimum atomic E-state index is -3.07. The van der Waals surface area contributed by atoms with Gasteiger partial charge in [0.15, 0.2) is 11.5 Å².